The van der Waals surface area contributed by atoms with Crippen LogP contribution in [0.2, 0.25) is 0 Å². The highest BCUT2D eigenvalue weighted by molar-refractivity contribution is 5.34. The van der Waals surface area contributed by atoms with E-state index in [1.807, 2.05) is 12.1 Å². The Morgan fingerprint density at radius 2 is 2.05 bits per heavy atom. The molecule has 0 aromatic heterocycles. The standard InChI is InChI=1S/C18H22FN/c1-2-3-4-5-14-6-8-15(9-7-14)16-10-11-17(13-20)18(19)12-16/h2-3,10-12,14-15H,4-9H2,1H3/t14-,15-. The summed E-state index contributed by atoms with van der Waals surface area (Å²) >= 11 is 0. The molecule has 2 rings (SSSR count). The van der Waals surface area contributed by atoms with Crippen LogP contribution < -0.4 is 0 Å². The van der Waals surface area contributed by atoms with E-state index in [2.05, 4.69) is 19.1 Å². The predicted octanol–water partition coefficient (Wildman–Crippen LogP) is 5.33. The maximum atomic E-state index is 13.7. The van der Waals surface area contributed by atoms with Crippen LogP contribution in [0.1, 0.15) is 62.5 Å². The number of nitriles is 1. The summed E-state index contributed by atoms with van der Waals surface area (Å²) < 4.78 is 13.7. The van der Waals surface area contributed by atoms with Gasteiger partial charge in [0.15, 0.2) is 0 Å². The molecule has 1 fully saturated rings. The Balaban J connectivity index is 1.90. The first-order valence-electron chi connectivity index (χ1n) is 7.55. The van der Waals surface area contributed by atoms with Gasteiger partial charge in [0.1, 0.15) is 11.9 Å². The van der Waals surface area contributed by atoms with E-state index in [-0.39, 0.29) is 11.4 Å². The smallest absolute Gasteiger partial charge is 0.141 e. The van der Waals surface area contributed by atoms with Gasteiger partial charge in [0, 0.05) is 0 Å². The van der Waals surface area contributed by atoms with Gasteiger partial charge in [-0.05, 0) is 75.0 Å². The number of allylic oxidation sites excluding steroid dienone is 2. The average molecular weight is 271 g/mol. The molecule has 1 aliphatic carbocycles. The van der Waals surface area contributed by atoms with Crippen molar-refractivity contribution in [2.24, 2.45) is 5.92 Å². The fourth-order valence-corrected chi connectivity index (χ4v) is 3.16. The lowest BCUT2D eigenvalue weighted by atomic mass is 9.77. The fourth-order valence-electron chi connectivity index (χ4n) is 3.16. The quantitative estimate of drug-likeness (QED) is 0.679. The van der Waals surface area contributed by atoms with Crippen LogP contribution in [0.3, 0.4) is 0 Å². The second-order valence-corrected chi connectivity index (χ2v) is 5.72. The van der Waals surface area contributed by atoms with E-state index in [0.717, 1.165) is 24.3 Å². The molecule has 1 nitrogen and oxygen atoms in total. The number of halogens is 1. The number of nitrogens with zero attached hydrogens (tertiary/aromatic N) is 1. The first-order valence-corrected chi connectivity index (χ1v) is 7.55. The monoisotopic (exact) mass is 271 g/mol. The van der Waals surface area contributed by atoms with Crippen molar-refractivity contribution in [2.75, 3.05) is 0 Å². The second-order valence-electron chi connectivity index (χ2n) is 5.72. The third-order valence-electron chi connectivity index (χ3n) is 4.41. The lowest BCUT2D eigenvalue weighted by molar-refractivity contribution is 0.311. The molecule has 0 radical (unpaired) electrons. The zero-order valence-corrected chi connectivity index (χ0v) is 12.1. The molecule has 0 N–H and O–H groups in total. The third-order valence-corrected chi connectivity index (χ3v) is 4.41. The van der Waals surface area contributed by atoms with E-state index in [4.69, 9.17) is 5.26 Å². The van der Waals surface area contributed by atoms with E-state index in [9.17, 15) is 4.39 Å². The first-order chi connectivity index (χ1) is 9.74. The Hall–Kier alpha value is -1.62. The summed E-state index contributed by atoms with van der Waals surface area (Å²) in [6.07, 6.45) is 11.6. The Morgan fingerprint density at radius 3 is 2.65 bits per heavy atom. The summed E-state index contributed by atoms with van der Waals surface area (Å²) in [7, 11) is 0. The molecule has 1 saturated carbocycles. The van der Waals surface area contributed by atoms with Crippen LogP contribution in [0.25, 0.3) is 0 Å². The largest absolute Gasteiger partial charge is 0.206 e. The molecular formula is C18H22FN. The first kappa shape index (κ1) is 14.8. The molecule has 1 aromatic rings. The zero-order chi connectivity index (χ0) is 14.4. The maximum Gasteiger partial charge on any atom is 0.141 e. The van der Waals surface area contributed by atoms with Crippen LogP contribution in [0, 0.1) is 23.1 Å². The molecule has 0 atom stereocenters. The number of rotatable bonds is 4. The molecule has 0 spiro atoms. The molecule has 0 unspecified atom stereocenters. The van der Waals surface area contributed by atoms with E-state index in [0.29, 0.717) is 5.92 Å². The third kappa shape index (κ3) is 3.70. The van der Waals surface area contributed by atoms with Crippen LogP contribution in [-0.4, -0.2) is 0 Å². The topological polar surface area (TPSA) is 23.8 Å². The highest BCUT2D eigenvalue weighted by atomic mass is 19.1. The van der Waals surface area contributed by atoms with Gasteiger partial charge in [-0.2, -0.15) is 5.26 Å². The van der Waals surface area contributed by atoms with Crippen molar-refractivity contribution in [1.82, 2.24) is 0 Å². The number of hydrogen-bond acceptors (Lipinski definition) is 1. The van der Waals surface area contributed by atoms with Gasteiger partial charge in [0.25, 0.3) is 0 Å². The molecule has 0 aliphatic heterocycles. The molecular weight excluding hydrogens is 249 g/mol. The SMILES string of the molecule is CC=CCC[C@H]1CC[C@H](c2ccc(C#N)c(F)c2)CC1. The molecule has 1 aliphatic rings. The van der Waals surface area contributed by atoms with Crippen molar-refractivity contribution in [3.8, 4) is 6.07 Å². The molecule has 0 amide bonds. The zero-order valence-electron chi connectivity index (χ0n) is 12.1. The number of hydrogen-bond donors (Lipinski definition) is 0. The summed E-state index contributed by atoms with van der Waals surface area (Å²) in [5, 5.41) is 8.76. The van der Waals surface area contributed by atoms with Crippen molar-refractivity contribution in [3.05, 3.63) is 47.3 Å². The molecule has 0 saturated heterocycles. The summed E-state index contributed by atoms with van der Waals surface area (Å²) in [6, 6.07) is 6.98. The fraction of sp³-hybridized carbons (Fsp3) is 0.500. The predicted molar refractivity (Wildman–Crippen MR) is 79.9 cm³/mol. The van der Waals surface area contributed by atoms with E-state index < -0.39 is 0 Å². The molecule has 20 heavy (non-hydrogen) atoms. The number of benzene rings is 1. The van der Waals surface area contributed by atoms with E-state index in [1.54, 1.807) is 12.1 Å². The summed E-state index contributed by atoms with van der Waals surface area (Å²) in [5.74, 6) is 0.918. The van der Waals surface area contributed by atoms with Gasteiger partial charge in [-0.15, -0.1) is 0 Å². The van der Waals surface area contributed by atoms with Gasteiger partial charge in [-0.3, -0.25) is 0 Å². The van der Waals surface area contributed by atoms with Crippen LogP contribution >= 0.6 is 0 Å². The second kappa shape index (κ2) is 7.24. The van der Waals surface area contributed by atoms with Gasteiger partial charge in [-0.25, -0.2) is 4.39 Å². The molecule has 1 aromatic carbocycles. The van der Waals surface area contributed by atoms with Crippen LogP contribution in [0.15, 0.2) is 30.4 Å². The Bertz CT molecular complexity index is 505. The molecule has 106 valence electrons. The van der Waals surface area contributed by atoms with Crippen molar-refractivity contribution < 1.29 is 4.39 Å². The minimum absolute atomic E-state index is 0.147. The van der Waals surface area contributed by atoms with E-state index in [1.165, 1.54) is 25.7 Å². The van der Waals surface area contributed by atoms with Crippen molar-refractivity contribution in [3.63, 3.8) is 0 Å². The van der Waals surface area contributed by atoms with Gasteiger partial charge in [0.2, 0.25) is 0 Å². The summed E-state index contributed by atoms with van der Waals surface area (Å²) in [6.45, 7) is 2.07. The van der Waals surface area contributed by atoms with Gasteiger partial charge in [-0.1, -0.05) is 18.2 Å². The van der Waals surface area contributed by atoms with Crippen LogP contribution in [0.4, 0.5) is 4.39 Å². The minimum Gasteiger partial charge on any atom is -0.206 e. The lowest BCUT2D eigenvalue weighted by Crippen LogP contribution is -2.13. The maximum absolute atomic E-state index is 13.7. The summed E-state index contributed by atoms with van der Waals surface area (Å²) in [5.41, 5.74) is 1.21. The molecule has 0 bridgehead atoms. The van der Waals surface area contributed by atoms with Gasteiger partial charge >= 0.3 is 0 Å². The molecule has 2 heteroatoms. The Morgan fingerprint density at radius 1 is 1.30 bits per heavy atom. The Labute approximate surface area is 121 Å². The van der Waals surface area contributed by atoms with Gasteiger partial charge < -0.3 is 0 Å². The minimum atomic E-state index is -0.375. The van der Waals surface area contributed by atoms with Gasteiger partial charge in [0.05, 0.1) is 5.56 Å². The van der Waals surface area contributed by atoms with Crippen LogP contribution in [0.5, 0.6) is 0 Å². The highest BCUT2D eigenvalue weighted by Gasteiger charge is 2.22. The van der Waals surface area contributed by atoms with Crippen molar-refractivity contribution in [2.45, 2.75) is 51.4 Å². The average Bonchev–Trinajstić information content (AvgIpc) is 2.48. The normalized spacial score (nSPS) is 22.9. The lowest BCUT2D eigenvalue weighted by Gasteiger charge is -2.28. The molecule has 0 heterocycles. The van der Waals surface area contributed by atoms with Crippen molar-refractivity contribution in [1.29, 1.82) is 5.26 Å². The highest BCUT2D eigenvalue weighted by Crippen LogP contribution is 2.37. The Kier molecular flexibility index (Phi) is 5.35. The summed E-state index contributed by atoms with van der Waals surface area (Å²) in [4.78, 5) is 0. The van der Waals surface area contributed by atoms with E-state index >= 15 is 0 Å². The van der Waals surface area contributed by atoms with Crippen LogP contribution in [-0.2, 0) is 0 Å². The van der Waals surface area contributed by atoms with Crippen molar-refractivity contribution >= 4 is 0 Å².